The predicted octanol–water partition coefficient (Wildman–Crippen LogP) is 3.09. The molecule has 0 saturated carbocycles. The molecule has 1 N–H and O–H groups in total. The Bertz CT molecular complexity index is 605. The Kier molecular flexibility index (Phi) is 2.81. The van der Waals surface area contributed by atoms with Crippen LogP contribution in [0.4, 0.5) is 10.1 Å². The summed E-state index contributed by atoms with van der Waals surface area (Å²) in [6.45, 7) is 1.42. The predicted molar refractivity (Wildman–Crippen MR) is 71.8 cm³/mol. The fraction of sp³-hybridized carbons (Fsp3) is 0.133. The van der Waals surface area contributed by atoms with Gasteiger partial charge in [-0.15, -0.1) is 0 Å². The number of hydrogen-bond acceptors (Lipinski definition) is 2. The fourth-order valence-corrected chi connectivity index (χ4v) is 2.17. The van der Waals surface area contributed by atoms with Crippen molar-refractivity contribution in [2.45, 2.75) is 0 Å². The van der Waals surface area contributed by atoms with E-state index in [1.165, 1.54) is 6.07 Å². The first-order chi connectivity index (χ1) is 8.86. The number of aliphatic imine (C=N–C) groups is 1. The molecule has 0 aromatic heterocycles. The second-order valence-corrected chi connectivity index (χ2v) is 4.18. The average molecular weight is 240 g/mol. The zero-order valence-electron chi connectivity index (χ0n) is 9.86. The molecule has 0 aliphatic carbocycles. The maximum Gasteiger partial charge on any atom is 0.132 e. The van der Waals surface area contributed by atoms with Crippen molar-refractivity contribution < 1.29 is 4.39 Å². The van der Waals surface area contributed by atoms with E-state index in [1.807, 2.05) is 30.3 Å². The number of hydrogen-bond donors (Lipinski definition) is 1. The summed E-state index contributed by atoms with van der Waals surface area (Å²) >= 11 is 0. The highest BCUT2D eigenvalue weighted by molar-refractivity contribution is 6.16. The van der Waals surface area contributed by atoms with Gasteiger partial charge in [0.25, 0.3) is 0 Å². The number of benzene rings is 2. The first kappa shape index (κ1) is 11.0. The second-order valence-electron chi connectivity index (χ2n) is 4.18. The highest BCUT2D eigenvalue weighted by Crippen LogP contribution is 2.23. The van der Waals surface area contributed by atoms with Gasteiger partial charge in [-0.25, -0.2) is 4.39 Å². The Balaban J connectivity index is 2.18. The van der Waals surface area contributed by atoms with Crippen LogP contribution in [0.3, 0.4) is 0 Å². The minimum absolute atomic E-state index is 0.229. The van der Waals surface area contributed by atoms with Crippen LogP contribution >= 0.6 is 0 Å². The number of anilines is 1. The zero-order chi connectivity index (χ0) is 12.4. The maximum absolute atomic E-state index is 13.9. The molecule has 0 amide bonds. The summed E-state index contributed by atoms with van der Waals surface area (Å²) in [5.74, 6) is -0.229. The number of nitrogens with one attached hydrogen (secondary N) is 1. The van der Waals surface area contributed by atoms with Gasteiger partial charge in [-0.1, -0.05) is 30.3 Å². The van der Waals surface area contributed by atoms with Crippen LogP contribution in [0.25, 0.3) is 0 Å². The summed E-state index contributed by atoms with van der Waals surface area (Å²) in [4.78, 5) is 4.51. The molecule has 2 aromatic rings. The number of nitrogens with zero attached hydrogens (tertiary/aromatic N) is 1. The number of fused-ring (bicyclic) bond motifs is 1. The number of para-hydroxylation sites is 1. The Labute approximate surface area is 105 Å². The van der Waals surface area contributed by atoms with E-state index in [9.17, 15) is 4.39 Å². The first-order valence-corrected chi connectivity index (χ1v) is 5.99. The van der Waals surface area contributed by atoms with Crippen molar-refractivity contribution in [2.75, 3.05) is 18.4 Å². The van der Waals surface area contributed by atoms with Gasteiger partial charge in [-0.05, 0) is 18.2 Å². The van der Waals surface area contributed by atoms with Gasteiger partial charge in [0.1, 0.15) is 5.82 Å². The molecule has 90 valence electrons. The summed E-state index contributed by atoms with van der Waals surface area (Å²) in [5, 5.41) is 3.31. The quantitative estimate of drug-likeness (QED) is 0.813. The number of halogens is 1. The Morgan fingerprint density at radius 3 is 2.50 bits per heavy atom. The fourth-order valence-electron chi connectivity index (χ4n) is 2.17. The number of rotatable bonds is 1. The molecule has 0 radical (unpaired) electrons. The topological polar surface area (TPSA) is 24.4 Å². The van der Waals surface area contributed by atoms with E-state index in [0.29, 0.717) is 12.1 Å². The van der Waals surface area contributed by atoms with Gasteiger partial charge in [0, 0.05) is 23.4 Å². The van der Waals surface area contributed by atoms with Crippen molar-refractivity contribution in [3.8, 4) is 0 Å². The van der Waals surface area contributed by atoms with Crippen LogP contribution in [0.5, 0.6) is 0 Å². The smallest absolute Gasteiger partial charge is 0.132 e. The highest BCUT2D eigenvalue weighted by atomic mass is 19.1. The normalized spacial score (nSPS) is 14.2. The number of benzodiazepines with no additional fused rings is 1. The van der Waals surface area contributed by atoms with Crippen molar-refractivity contribution in [3.63, 3.8) is 0 Å². The monoisotopic (exact) mass is 240 g/mol. The molecule has 0 atom stereocenters. The van der Waals surface area contributed by atoms with Gasteiger partial charge >= 0.3 is 0 Å². The van der Waals surface area contributed by atoms with Crippen molar-refractivity contribution in [3.05, 3.63) is 65.5 Å². The standard InChI is InChI=1S/C15H13FN2/c16-13-7-3-1-5-11(13)15-12-6-2-4-8-14(12)17-9-10-18-15/h1-8,17H,9-10H2. The van der Waals surface area contributed by atoms with Crippen molar-refractivity contribution in [1.82, 2.24) is 0 Å². The molecule has 0 bridgehead atoms. The lowest BCUT2D eigenvalue weighted by Gasteiger charge is -2.10. The van der Waals surface area contributed by atoms with Gasteiger partial charge in [0.05, 0.1) is 12.3 Å². The molecule has 0 unspecified atom stereocenters. The summed E-state index contributed by atoms with van der Waals surface area (Å²) in [7, 11) is 0. The summed E-state index contributed by atoms with van der Waals surface area (Å²) in [5.41, 5.74) is 3.26. The van der Waals surface area contributed by atoms with Gasteiger partial charge < -0.3 is 5.32 Å². The van der Waals surface area contributed by atoms with Crippen LogP contribution in [0.15, 0.2) is 53.5 Å². The molecule has 3 heteroatoms. The van der Waals surface area contributed by atoms with E-state index in [1.54, 1.807) is 12.1 Å². The molecule has 2 aromatic carbocycles. The minimum atomic E-state index is -0.229. The van der Waals surface area contributed by atoms with Crippen molar-refractivity contribution in [1.29, 1.82) is 0 Å². The van der Waals surface area contributed by atoms with E-state index >= 15 is 0 Å². The summed E-state index contributed by atoms with van der Waals surface area (Å²) in [6, 6.07) is 14.7. The van der Waals surface area contributed by atoms with Crippen LogP contribution in [0.2, 0.25) is 0 Å². The molecule has 2 nitrogen and oxygen atoms in total. The van der Waals surface area contributed by atoms with E-state index in [2.05, 4.69) is 10.3 Å². The van der Waals surface area contributed by atoms with E-state index in [-0.39, 0.29) is 5.82 Å². The SMILES string of the molecule is Fc1ccccc1C1=NCCNc2ccccc21. The molecule has 0 saturated heterocycles. The van der Waals surface area contributed by atoms with Gasteiger partial charge in [-0.2, -0.15) is 0 Å². The highest BCUT2D eigenvalue weighted by Gasteiger charge is 2.16. The molecular formula is C15H13FN2. The Morgan fingerprint density at radius 2 is 1.67 bits per heavy atom. The lowest BCUT2D eigenvalue weighted by atomic mass is 10.0. The maximum atomic E-state index is 13.9. The Hall–Kier alpha value is -2.16. The summed E-state index contributed by atoms with van der Waals surface area (Å²) < 4.78 is 13.9. The third-order valence-corrected chi connectivity index (χ3v) is 3.01. The molecule has 3 rings (SSSR count). The average Bonchev–Trinajstić information content (AvgIpc) is 2.62. The van der Waals surface area contributed by atoms with E-state index < -0.39 is 0 Å². The van der Waals surface area contributed by atoms with Crippen LogP contribution in [0, 0.1) is 5.82 Å². The third kappa shape index (κ3) is 1.88. The van der Waals surface area contributed by atoms with Gasteiger partial charge in [0.2, 0.25) is 0 Å². The molecule has 0 spiro atoms. The molecular weight excluding hydrogens is 227 g/mol. The molecule has 1 aliphatic heterocycles. The Morgan fingerprint density at radius 1 is 0.944 bits per heavy atom. The van der Waals surface area contributed by atoms with Crippen LogP contribution < -0.4 is 5.32 Å². The minimum Gasteiger partial charge on any atom is -0.383 e. The lowest BCUT2D eigenvalue weighted by Crippen LogP contribution is -2.07. The molecule has 1 heterocycles. The van der Waals surface area contributed by atoms with Crippen LogP contribution in [-0.4, -0.2) is 18.8 Å². The zero-order valence-corrected chi connectivity index (χ0v) is 9.86. The molecule has 18 heavy (non-hydrogen) atoms. The molecule has 1 aliphatic rings. The lowest BCUT2D eigenvalue weighted by molar-refractivity contribution is 0.625. The van der Waals surface area contributed by atoms with Gasteiger partial charge in [0.15, 0.2) is 0 Å². The van der Waals surface area contributed by atoms with E-state index in [4.69, 9.17) is 0 Å². The van der Waals surface area contributed by atoms with Crippen molar-refractivity contribution >= 4 is 11.4 Å². The van der Waals surface area contributed by atoms with Gasteiger partial charge in [-0.3, -0.25) is 4.99 Å². The largest absolute Gasteiger partial charge is 0.383 e. The van der Waals surface area contributed by atoms with Crippen LogP contribution in [0.1, 0.15) is 11.1 Å². The van der Waals surface area contributed by atoms with E-state index in [0.717, 1.165) is 23.5 Å². The van der Waals surface area contributed by atoms with Crippen LogP contribution in [-0.2, 0) is 0 Å². The second kappa shape index (κ2) is 4.61. The first-order valence-electron chi connectivity index (χ1n) is 5.99. The van der Waals surface area contributed by atoms with Crippen molar-refractivity contribution in [2.24, 2.45) is 4.99 Å². The third-order valence-electron chi connectivity index (χ3n) is 3.01. The molecule has 0 fully saturated rings. The summed E-state index contributed by atoms with van der Waals surface area (Å²) in [6.07, 6.45) is 0.